The highest BCUT2D eigenvalue weighted by Crippen LogP contribution is 2.27. The maximum absolute atomic E-state index is 13.2. The molecule has 0 aliphatic carbocycles. The summed E-state index contributed by atoms with van der Waals surface area (Å²) in [5.74, 6) is -0.341. The van der Waals surface area contributed by atoms with Crippen LogP contribution >= 0.6 is 0 Å². The van der Waals surface area contributed by atoms with Crippen molar-refractivity contribution in [1.82, 2.24) is 0 Å². The molecule has 0 amide bonds. The normalized spacial score (nSPS) is 12.4. The molecule has 2 aromatic rings. The van der Waals surface area contributed by atoms with E-state index in [2.05, 4.69) is 0 Å². The third-order valence-corrected chi connectivity index (χ3v) is 2.85. The fourth-order valence-electron chi connectivity index (χ4n) is 1.95. The van der Waals surface area contributed by atoms with Crippen molar-refractivity contribution in [2.45, 2.75) is 19.6 Å². The first kappa shape index (κ1) is 12.6. The summed E-state index contributed by atoms with van der Waals surface area (Å²) in [5.41, 5.74) is 2.42. The Morgan fingerprint density at radius 1 is 1.39 bits per heavy atom. The molecule has 18 heavy (non-hydrogen) atoms. The zero-order valence-corrected chi connectivity index (χ0v) is 10.4. The van der Waals surface area contributed by atoms with Gasteiger partial charge in [0.1, 0.15) is 5.82 Å². The van der Waals surface area contributed by atoms with E-state index in [1.165, 1.54) is 12.1 Å². The summed E-state index contributed by atoms with van der Waals surface area (Å²) in [6.45, 7) is 2.27. The molecule has 1 aromatic heterocycles. The van der Waals surface area contributed by atoms with E-state index in [1.807, 2.05) is 18.0 Å². The van der Waals surface area contributed by atoms with Gasteiger partial charge in [0.2, 0.25) is 0 Å². The Hall–Kier alpha value is -1.81. The van der Waals surface area contributed by atoms with E-state index >= 15 is 0 Å². The van der Waals surface area contributed by atoms with E-state index in [-0.39, 0.29) is 5.82 Å². The van der Waals surface area contributed by atoms with Crippen molar-refractivity contribution in [3.05, 3.63) is 53.7 Å². The molecule has 0 aliphatic heterocycles. The lowest BCUT2D eigenvalue weighted by molar-refractivity contribution is 0.199. The maximum Gasteiger partial charge on any atom is 0.123 e. The predicted molar refractivity (Wildman–Crippen MR) is 67.8 cm³/mol. The molecule has 0 spiro atoms. The molecule has 0 saturated carbocycles. The van der Waals surface area contributed by atoms with Crippen molar-refractivity contribution in [3.8, 4) is 0 Å². The molecule has 0 radical (unpaired) electrons. The molecule has 0 fully saturated rings. The van der Waals surface area contributed by atoms with Crippen LogP contribution in [0.3, 0.4) is 0 Å². The highest BCUT2D eigenvalue weighted by molar-refractivity contribution is 5.54. The number of benzene rings is 1. The first-order valence-electron chi connectivity index (χ1n) is 5.77. The third-order valence-electron chi connectivity index (χ3n) is 2.85. The molecule has 0 bridgehead atoms. The summed E-state index contributed by atoms with van der Waals surface area (Å²) in [7, 11) is 1.89. The largest absolute Gasteiger partial charge is 0.472 e. The van der Waals surface area contributed by atoms with Crippen LogP contribution in [0.5, 0.6) is 0 Å². The lowest BCUT2D eigenvalue weighted by Crippen LogP contribution is -2.18. The number of aliphatic hydroxyl groups is 1. The quantitative estimate of drug-likeness (QED) is 0.904. The molecule has 4 heteroatoms. The molecule has 96 valence electrons. The van der Waals surface area contributed by atoms with Crippen LogP contribution in [0.15, 0.2) is 41.2 Å². The van der Waals surface area contributed by atoms with Gasteiger partial charge in [0.05, 0.1) is 18.6 Å². The average molecular weight is 249 g/mol. The summed E-state index contributed by atoms with van der Waals surface area (Å²) >= 11 is 0. The molecule has 0 aliphatic rings. The summed E-state index contributed by atoms with van der Waals surface area (Å²) in [5, 5.41) is 9.69. The average Bonchev–Trinajstić information content (AvgIpc) is 2.81. The predicted octanol–water partition coefficient (Wildman–Crippen LogP) is 3.11. The Balaban J connectivity index is 2.26. The second-order valence-corrected chi connectivity index (χ2v) is 4.37. The van der Waals surface area contributed by atoms with Gasteiger partial charge in [-0.15, -0.1) is 0 Å². The van der Waals surface area contributed by atoms with Gasteiger partial charge >= 0.3 is 0 Å². The highest BCUT2D eigenvalue weighted by atomic mass is 19.1. The van der Waals surface area contributed by atoms with E-state index in [0.717, 1.165) is 11.3 Å². The van der Waals surface area contributed by atoms with E-state index in [1.54, 1.807) is 25.5 Å². The number of hydrogen-bond donors (Lipinski definition) is 1. The molecule has 1 heterocycles. The van der Waals surface area contributed by atoms with Crippen molar-refractivity contribution in [3.63, 3.8) is 0 Å². The number of hydrogen-bond acceptors (Lipinski definition) is 3. The van der Waals surface area contributed by atoms with E-state index in [0.29, 0.717) is 12.1 Å². The first-order valence-corrected chi connectivity index (χ1v) is 5.77. The van der Waals surface area contributed by atoms with E-state index < -0.39 is 6.10 Å². The van der Waals surface area contributed by atoms with Gasteiger partial charge in [0.15, 0.2) is 0 Å². The highest BCUT2D eigenvalue weighted by Gasteiger charge is 2.13. The van der Waals surface area contributed by atoms with Gasteiger partial charge in [0, 0.05) is 30.4 Å². The lowest BCUT2D eigenvalue weighted by atomic mass is 10.1. The lowest BCUT2D eigenvalue weighted by Gasteiger charge is -2.23. The van der Waals surface area contributed by atoms with Gasteiger partial charge in [-0.2, -0.15) is 0 Å². The zero-order chi connectivity index (χ0) is 13.1. The van der Waals surface area contributed by atoms with E-state index in [9.17, 15) is 9.50 Å². The van der Waals surface area contributed by atoms with Gasteiger partial charge in [-0.05, 0) is 31.2 Å². The van der Waals surface area contributed by atoms with Crippen LogP contribution in [-0.4, -0.2) is 12.2 Å². The van der Waals surface area contributed by atoms with E-state index in [4.69, 9.17) is 4.42 Å². The van der Waals surface area contributed by atoms with Crippen molar-refractivity contribution >= 4 is 5.69 Å². The fourth-order valence-corrected chi connectivity index (χ4v) is 1.95. The zero-order valence-electron chi connectivity index (χ0n) is 10.4. The Kier molecular flexibility index (Phi) is 3.67. The summed E-state index contributed by atoms with van der Waals surface area (Å²) < 4.78 is 18.2. The summed E-state index contributed by atoms with van der Waals surface area (Å²) in [6, 6.07) is 6.32. The Labute approximate surface area is 105 Å². The van der Waals surface area contributed by atoms with Crippen molar-refractivity contribution < 1.29 is 13.9 Å². The summed E-state index contributed by atoms with van der Waals surface area (Å²) in [4.78, 5) is 1.95. The second-order valence-electron chi connectivity index (χ2n) is 4.37. The molecule has 1 N–H and O–H groups in total. The molecule has 0 saturated heterocycles. The van der Waals surface area contributed by atoms with Crippen molar-refractivity contribution in [2.75, 3.05) is 11.9 Å². The number of nitrogens with zero attached hydrogens (tertiary/aromatic N) is 1. The monoisotopic (exact) mass is 249 g/mol. The van der Waals surface area contributed by atoms with Gasteiger partial charge in [0.25, 0.3) is 0 Å². The number of furan rings is 1. The molecule has 1 aromatic carbocycles. The van der Waals surface area contributed by atoms with Crippen LogP contribution in [-0.2, 0) is 6.54 Å². The molecule has 3 nitrogen and oxygen atoms in total. The van der Waals surface area contributed by atoms with Gasteiger partial charge in [-0.1, -0.05) is 0 Å². The number of anilines is 1. The molecular formula is C14H16FNO2. The third kappa shape index (κ3) is 2.71. The second kappa shape index (κ2) is 5.23. The van der Waals surface area contributed by atoms with Crippen molar-refractivity contribution in [2.24, 2.45) is 0 Å². The van der Waals surface area contributed by atoms with Crippen LogP contribution in [0.2, 0.25) is 0 Å². The molecular weight excluding hydrogens is 233 g/mol. The van der Waals surface area contributed by atoms with Crippen LogP contribution < -0.4 is 4.90 Å². The van der Waals surface area contributed by atoms with Crippen molar-refractivity contribution in [1.29, 1.82) is 0 Å². The van der Waals surface area contributed by atoms with Crippen LogP contribution in [0.1, 0.15) is 24.2 Å². The SMILES string of the molecule is CC(O)c1cc(F)ccc1N(C)Cc1ccoc1. The minimum absolute atomic E-state index is 0.341. The van der Waals surface area contributed by atoms with Gasteiger partial charge < -0.3 is 14.4 Å². The minimum Gasteiger partial charge on any atom is -0.472 e. The minimum atomic E-state index is -0.706. The Morgan fingerprint density at radius 3 is 2.78 bits per heavy atom. The number of rotatable bonds is 4. The first-order chi connectivity index (χ1) is 8.58. The van der Waals surface area contributed by atoms with Crippen LogP contribution in [0.4, 0.5) is 10.1 Å². The van der Waals surface area contributed by atoms with Crippen LogP contribution in [0.25, 0.3) is 0 Å². The Bertz CT molecular complexity index is 509. The fraction of sp³-hybridized carbons (Fsp3) is 0.286. The summed E-state index contributed by atoms with van der Waals surface area (Å²) in [6.07, 6.45) is 2.58. The maximum atomic E-state index is 13.2. The Morgan fingerprint density at radius 2 is 2.17 bits per heavy atom. The molecule has 1 unspecified atom stereocenters. The van der Waals surface area contributed by atoms with Gasteiger partial charge in [-0.25, -0.2) is 4.39 Å². The molecule has 2 rings (SSSR count). The topological polar surface area (TPSA) is 36.6 Å². The number of halogens is 1. The van der Waals surface area contributed by atoms with Gasteiger partial charge in [-0.3, -0.25) is 0 Å². The standard InChI is InChI=1S/C14H16FNO2/c1-10(17)13-7-12(15)3-4-14(13)16(2)8-11-5-6-18-9-11/h3-7,9-10,17H,8H2,1-2H3. The number of aliphatic hydroxyl groups excluding tert-OH is 1. The van der Waals surface area contributed by atoms with Crippen LogP contribution in [0, 0.1) is 5.82 Å². The smallest absolute Gasteiger partial charge is 0.123 e. The molecule has 1 atom stereocenters.